The lowest BCUT2D eigenvalue weighted by Crippen LogP contribution is -2.49. The highest BCUT2D eigenvalue weighted by molar-refractivity contribution is 5.82. The molecule has 0 bridgehead atoms. The fraction of sp³-hybridized carbons (Fsp3) is 0.571. The fourth-order valence-electron chi connectivity index (χ4n) is 2.82. The van der Waals surface area contributed by atoms with Crippen LogP contribution in [0.1, 0.15) is 39.0 Å². The van der Waals surface area contributed by atoms with Crippen LogP contribution in [-0.2, 0) is 4.79 Å². The standard InChI is InChI=1S/C14H19N3O4/c1-2-10-5-7-14(8-6-10,13(18)19)16-11-3-4-12(15-9-11)17(20)21/h3-4,9-10,16H,2,5-8H2,1H3,(H,18,19). The lowest BCUT2D eigenvalue weighted by molar-refractivity contribution is -0.389. The highest BCUT2D eigenvalue weighted by Crippen LogP contribution is 2.36. The second-order valence-electron chi connectivity index (χ2n) is 5.53. The van der Waals surface area contributed by atoms with Gasteiger partial charge in [-0.1, -0.05) is 13.3 Å². The molecule has 1 aromatic heterocycles. The molecule has 1 aliphatic rings. The number of carboxylic acids is 1. The van der Waals surface area contributed by atoms with E-state index < -0.39 is 16.4 Å². The summed E-state index contributed by atoms with van der Waals surface area (Å²) >= 11 is 0. The van der Waals surface area contributed by atoms with Gasteiger partial charge in [0.25, 0.3) is 0 Å². The van der Waals surface area contributed by atoms with E-state index in [2.05, 4.69) is 17.2 Å². The first-order valence-electron chi connectivity index (χ1n) is 7.09. The Bertz CT molecular complexity index is 522. The summed E-state index contributed by atoms with van der Waals surface area (Å²) < 4.78 is 0. The number of nitro groups is 1. The normalized spacial score (nSPS) is 25.3. The van der Waals surface area contributed by atoms with Gasteiger partial charge in [-0.05, 0) is 47.6 Å². The maximum atomic E-state index is 11.7. The molecule has 1 fully saturated rings. The Morgan fingerprint density at radius 3 is 2.62 bits per heavy atom. The minimum Gasteiger partial charge on any atom is -0.480 e. The number of carboxylic acid groups (broad SMARTS) is 1. The molecule has 2 rings (SSSR count). The van der Waals surface area contributed by atoms with Crippen molar-refractivity contribution >= 4 is 17.5 Å². The molecule has 0 amide bonds. The van der Waals surface area contributed by atoms with Gasteiger partial charge in [-0.2, -0.15) is 0 Å². The second-order valence-corrected chi connectivity index (χ2v) is 5.53. The summed E-state index contributed by atoms with van der Waals surface area (Å²) in [5.74, 6) is -0.552. The van der Waals surface area contributed by atoms with Crippen molar-refractivity contribution in [3.8, 4) is 0 Å². The number of nitrogens with zero attached hydrogens (tertiary/aromatic N) is 2. The zero-order chi connectivity index (χ0) is 15.5. The fourth-order valence-corrected chi connectivity index (χ4v) is 2.82. The minimum absolute atomic E-state index is 0.250. The summed E-state index contributed by atoms with van der Waals surface area (Å²) in [6.07, 6.45) is 5.23. The van der Waals surface area contributed by atoms with Gasteiger partial charge in [0.05, 0.1) is 5.69 Å². The molecule has 7 heteroatoms. The smallest absolute Gasteiger partial charge is 0.363 e. The number of aliphatic carboxylic acids is 1. The van der Waals surface area contributed by atoms with E-state index in [1.165, 1.54) is 18.3 Å². The predicted octanol–water partition coefficient (Wildman–Crippen LogP) is 2.83. The van der Waals surface area contributed by atoms with E-state index in [-0.39, 0.29) is 5.82 Å². The summed E-state index contributed by atoms with van der Waals surface area (Å²) in [6.45, 7) is 2.12. The summed E-state index contributed by atoms with van der Waals surface area (Å²) in [7, 11) is 0. The van der Waals surface area contributed by atoms with Gasteiger partial charge in [0.1, 0.15) is 5.54 Å². The van der Waals surface area contributed by atoms with Crippen molar-refractivity contribution in [3.63, 3.8) is 0 Å². The van der Waals surface area contributed by atoms with E-state index in [9.17, 15) is 20.0 Å². The van der Waals surface area contributed by atoms with Crippen LogP contribution < -0.4 is 5.32 Å². The Hall–Kier alpha value is -2.18. The van der Waals surface area contributed by atoms with Crippen molar-refractivity contribution in [3.05, 3.63) is 28.4 Å². The SMILES string of the molecule is CCC1CCC(Nc2ccc([N+](=O)[O-])nc2)(C(=O)O)CC1. The first kappa shape index (κ1) is 15.2. The topological polar surface area (TPSA) is 105 Å². The Kier molecular flexibility index (Phi) is 4.40. The molecular weight excluding hydrogens is 274 g/mol. The number of pyridine rings is 1. The van der Waals surface area contributed by atoms with Crippen molar-refractivity contribution in [2.24, 2.45) is 5.92 Å². The Morgan fingerprint density at radius 1 is 1.52 bits per heavy atom. The Labute approximate surface area is 122 Å². The highest BCUT2D eigenvalue weighted by atomic mass is 16.6. The van der Waals surface area contributed by atoms with Crippen LogP contribution in [0.25, 0.3) is 0 Å². The monoisotopic (exact) mass is 293 g/mol. The molecule has 2 N–H and O–H groups in total. The maximum absolute atomic E-state index is 11.7. The van der Waals surface area contributed by atoms with E-state index in [0.717, 1.165) is 19.3 Å². The predicted molar refractivity (Wildman–Crippen MR) is 77.1 cm³/mol. The van der Waals surface area contributed by atoms with Crippen molar-refractivity contribution in [1.82, 2.24) is 4.98 Å². The van der Waals surface area contributed by atoms with Gasteiger partial charge >= 0.3 is 11.8 Å². The number of hydrogen-bond donors (Lipinski definition) is 2. The maximum Gasteiger partial charge on any atom is 0.363 e. The molecule has 0 unspecified atom stereocenters. The molecule has 1 aliphatic carbocycles. The van der Waals surface area contributed by atoms with Crippen molar-refractivity contribution in [2.75, 3.05) is 5.32 Å². The lowest BCUT2D eigenvalue weighted by atomic mass is 9.75. The molecule has 114 valence electrons. The van der Waals surface area contributed by atoms with E-state index >= 15 is 0 Å². The third-order valence-corrected chi connectivity index (χ3v) is 4.26. The number of rotatable bonds is 5. The molecule has 1 aromatic rings. The summed E-state index contributed by atoms with van der Waals surface area (Å²) in [4.78, 5) is 25.4. The zero-order valence-electron chi connectivity index (χ0n) is 11.9. The van der Waals surface area contributed by atoms with Gasteiger partial charge < -0.3 is 20.5 Å². The first-order valence-corrected chi connectivity index (χ1v) is 7.09. The summed E-state index contributed by atoms with van der Waals surface area (Å²) in [5, 5.41) is 23.2. The molecular formula is C14H19N3O4. The third kappa shape index (κ3) is 3.29. The number of anilines is 1. The number of nitrogens with one attached hydrogen (secondary N) is 1. The zero-order valence-corrected chi connectivity index (χ0v) is 11.9. The molecule has 21 heavy (non-hydrogen) atoms. The van der Waals surface area contributed by atoms with Crippen LogP contribution >= 0.6 is 0 Å². The van der Waals surface area contributed by atoms with Crippen LogP contribution in [0.15, 0.2) is 18.3 Å². The van der Waals surface area contributed by atoms with Crippen LogP contribution in [0.4, 0.5) is 11.5 Å². The van der Waals surface area contributed by atoms with Gasteiger partial charge in [0, 0.05) is 6.07 Å². The largest absolute Gasteiger partial charge is 0.480 e. The number of aromatic nitrogens is 1. The van der Waals surface area contributed by atoms with Crippen LogP contribution in [-0.4, -0.2) is 26.5 Å². The van der Waals surface area contributed by atoms with E-state index in [0.29, 0.717) is 24.4 Å². The minimum atomic E-state index is -0.997. The van der Waals surface area contributed by atoms with Gasteiger partial charge in [-0.3, -0.25) is 0 Å². The molecule has 0 aromatic carbocycles. The molecule has 0 spiro atoms. The van der Waals surface area contributed by atoms with Gasteiger partial charge in [0.2, 0.25) is 0 Å². The van der Waals surface area contributed by atoms with Crippen LogP contribution in [0.5, 0.6) is 0 Å². The number of carbonyl (C=O) groups is 1. The molecule has 1 saturated carbocycles. The third-order valence-electron chi connectivity index (χ3n) is 4.26. The summed E-state index contributed by atoms with van der Waals surface area (Å²) in [6, 6.07) is 2.78. The molecule has 0 saturated heterocycles. The number of hydrogen-bond acceptors (Lipinski definition) is 5. The average molecular weight is 293 g/mol. The van der Waals surface area contributed by atoms with Crippen molar-refractivity contribution < 1.29 is 14.8 Å². The molecule has 0 atom stereocenters. The average Bonchev–Trinajstić information content (AvgIpc) is 2.48. The molecule has 1 heterocycles. The first-order chi connectivity index (χ1) is 9.97. The quantitative estimate of drug-likeness (QED) is 0.638. The second kappa shape index (κ2) is 6.07. The van der Waals surface area contributed by atoms with Gasteiger partial charge in [-0.15, -0.1) is 0 Å². The molecule has 0 radical (unpaired) electrons. The lowest BCUT2D eigenvalue weighted by Gasteiger charge is -2.37. The van der Waals surface area contributed by atoms with E-state index in [1.54, 1.807) is 0 Å². The highest BCUT2D eigenvalue weighted by Gasteiger charge is 2.41. The van der Waals surface area contributed by atoms with Crippen LogP contribution in [0.2, 0.25) is 0 Å². The molecule has 7 nitrogen and oxygen atoms in total. The van der Waals surface area contributed by atoms with Crippen molar-refractivity contribution in [1.29, 1.82) is 0 Å². The van der Waals surface area contributed by atoms with Crippen LogP contribution in [0.3, 0.4) is 0 Å². The van der Waals surface area contributed by atoms with Crippen LogP contribution in [0, 0.1) is 16.0 Å². The van der Waals surface area contributed by atoms with Gasteiger partial charge in [-0.25, -0.2) is 4.79 Å². The van der Waals surface area contributed by atoms with Crippen molar-refractivity contribution in [2.45, 2.75) is 44.6 Å². The Morgan fingerprint density at radius 2 is 2.19 bits per heavy atom. The van der Waals surface area contributed by atoms with E-state index in [4.69, 9.17) is 0 Å². The Balaban J connectivity index is 2.13. The summed E-state index contributed by atoms with van der Waals surface area (Å²) in [5.41, 5.74) is -0.498. The molecule has 0 aliphatic heterocycles. The van der Waals surface area contributed by atoms with Gasteiger partial charge in [0.15, 0.2) is 6.20 Å². The van der Waals surface area contributed by atoms with E-state index in [1.807, 2.05) is 0 Å².